The molecule has 0 aliphatic rings. The van der Waals surface area contributed by atoms with Crippen molar-refractivity contribution < 1.29 is 18.3 Å². The first kappa shape index (κ1) is 14.3. The predicted octanol–water partition coefficient (Wildman–Crippen LogP) is 1.65. The first-order valence-corrected chi connectivity index (χ1v) is 5.40. The number of rotatable bonds is 5. The molecular formula is C11H12F2N2O2S. The van der Waals surface area contributed by atoms with Crippen LogP contribution in [-0.4, -0.2) is 36.0 Å². The Balaban J connectivity index is 2.94. The largest absolute Gasteiger partial charge is 0.434 e. The number of hydrogen-bond acceptors (Lipinski definition) is 3. The molecule has 0 aromatic heterocycles. The number of carbonyl (C=O) groups is 1. The normalized spacial score (nSPS) is 10.2. The lowest BCUT2D eigenvalue weighted by Gasteiger charge is -2.18. The van der Waals surface area contributed by atoms with Crippen LogP contribution >= 0.6 is 12.2 Å². The number of ether oxygens (including phenoxy) is 1. The van der Waals surface area contributed by atoms with E-state index in [1.165, 1.54) is 30.1 Å². The van der Waals surface area contributed by atoms with E-state index in [0.717, 1.165) is 0 Å². The molecule has 2 N–H and O–H groups in total. The number of likely N-dealkylation sites (N-methyl/N-ethyl adjacent to an activating group) is 1. The zero-order valence-corrected chi connectivity index (χ0v) is 10.4. The Hall–Kier alpha value is -1.76. The summed E-state index contributed by atoms with van der Waals surface area (Å²) in [5.41, 5.74) is 5.35. The molecule has 0 unspecified atom stereocenters. The second-order valence-electron chi connectivity index (χ2n) is 3.50. The fourth-order valence-electron chi connectivity index (χ4n) is 1.35. The van der Waals surface area contributed by atoms with Gasteiger partial charge in [0.25, 0.3) is 5.91 Å². The van der Waals surface area contributed by atoms with Crippen molar-refractivity contribution in [1.29, 1.82) is 0 Å². The number of thiocarbonyl (C=S) groups is 1. The average Bonchev–Trinajstić information content (AvgIpc) is 2.27. The SMILES string of the molecule is CN(CC(N)=S)C(=O)c1ccccc1OC(F)F. The van der Waals surface area contributed by atoms with Gasteiger partial charge in [-0.2, -0.15) is 8.78 Å². The molecular weight excluding hydrogens is 262 g/mol. The van der Waals surface area contributed by atoms with Gasteiger partial charge >= 0.3 is 6.61 Å². The van der Waals surface area contributed by atoms with Crippen molar-refractivity contribution in [3.8, 4) is 5.75 Å². The second-order valence-corrected chi connectivity index (χ2v) is 4.03. The van der Waals surface area contributed by atoms with E-state index in [2.05, 4.69) is 17.0 Å². The third-order valence-corrected chi connectivity index (χ3v) is 2.20. The third-order valence-electron chi connectivity index (χ3n) is 2.07. The Kier molecular flexibility index (Phi) is 4.96. The number of para-hydroxylation sites is 1. The summed E-state index contributed by atoms with van der Waals surface area (Å²) in [5, 5.41) is 0. The average molecular weight is 274 g/mol. The van der Waals surface area contributed by atoms with Gasteiger partial charge in [0, 0.05) is 7.05 Å². The Morgan fingerprint density at radius 1 is 1.50 bits per heavy atom. The molecule has 0 heterocycles. The highest BCUT2D eigenvalue weighted by atomic mass is 32.1. The van der Waals surface area contributed by atoms with Crippen molar-refractivity contribution in [3.63, 3.8) is 0 Å². The minimum atomic E-state index is -2.99. The van der Waals surface area contributed by atoms with E-state index >= 15 is 0 Å². The summed E-state index contributed by atoms with van der Waals surface area (Å²) >= 11 is 4.68. The number of carbonyl (C=O) groups excluding carboxylic acids is 1. The maximum absolute atomic E-state index is 12.2. The molecule has 0 atom stereocenters. The minimum absolute atomic E-state index is 0.0385. The van der Waals surface area contributed by atoms with E-state index in [9.17, 15) is 13.6 Å². The lowest BCUT2D eigenvalue weighted by Crippen LogP contribution is -2.34. The molecule has 0 saturated carbocycles. The van der Waals surface area contributed by atoms with Crippen LogP contribution in [0.2, 0.25) is 0 Å². The van der Waals surface area contributed by atoms with Gasteiger partial charge in [0.05, 0.1) is 17.1 Å². The van der Waals surface area contributed by atoms with Crippen LogP contribution < -0.4 is 10.5 Å². The van der Waals surface area contributed by atoms with Crippen molar-refractivity contribution in [1.82, 2.24) is 4.90 Å². The molecule has 1 aromatic rings. The van der Waals surface area contributed by atoms with Crippen LogP contribution in [0.4, 0.5) is 8.78 Å². The molecule has 1 rings (SSSR count). The maximum atomic E-state index is 12.2. The molecule has 0 aliphatic heterocycles. The number of alkyl halides is 2. The third kappa shape index (κ3) is 3.92. The highest BCUT2D eigenvalue weighted by Crippen LogP contribution is 2.21. The molecule has 1 amide bonds. The highest BCUT2D eigenvalue weighted by Gasteiger charge is 2.18. The Bertz CT molecular complexity index is 454. The van der Waals surface area contributed by atoms with Crippen molar-refractivity contribution in [2.24, 2.45) is 5.73 Å². The van der Waals surface area contributed by atoms with Crippen molar-refractivity contribution in [2.45, 2.75) is 6.61 Å². The van der Waals surface area contributed by atoms with Gasteiger partial charge in [0.1, 0.15) is 5.75 Å². The first-order chi connectivity index (χ1) is 8.41. The van der Waals surface area contributed by atoms with Crippen molar-refractivity contribution in [3.05, 3.63) is 29.8 Å². The minimum Gasteiger partial charge on any atom is -0.434 e. The number of hydrogen-bond donors (Lipinski definition) is 1. The van der Waals surface area contributed by atoms with Crippen LogP contribution in [0, 0.1) is 0 Å². The molecule has 0 aliphatic carbocycles. The maximum Gasteiger partial charge on any atom is 0.387 e. The van der Waals surface area contributed by atoms with Crippen molar-refractivity contribution >= 4 is 23.1 Å². The fraction of sp³-hybridized carbons (Fsp3) is 0.273. The van der Waals surface area contributed by atoms with E-state index in [0.29, 0.717) is 0 Å². The summed E-state index contributed by atoms with van der Waals surface area (Å²) in [6.45, 7) is -2.92. The summed E-state index contributed by atoms with van der Waals surface area (Å²) in [4.78, 5) is 13.3. The molecule has 4 nitrogen and oxygen atoms in total. The lowest BCUT2D eigenvalue weighted by molar-refractivity contribution is -0.0502. The monoisotopic (exact) mass is 274 g/mol. The predicted molar refractivity (Wildman–Crippen MR) is 66.8 cm³/mol. The van der Waals surface area contributed by atoms with Crippen LogP contribution in [0.25, 0.3) is 0 Å². The lowest BCUT2D eigenvalue weighted by atomic mass is 10.2. The van der Waals surface area contributed by atoms with Gasteiger partial charge in [-0.15, -0.1) is 0 Å². The number of nitrogens with two attached hydrogens (primary N) is 1. The van der Waals surface area contributed by atoms with Gasteiger partial charge in [0.15, 0.2) is 0 Å². The Morgan fingerprint density at radius 2 is 2.11 bits per heavy atom. The Morgan fingerprint density at radius 3 is 2.67 bits per heavy atom. The van der Waals surface area contributed by atoms with Crippen molar-refractivity contribution in [2.75, 3.05) is 13.6 Å². The molecule has 7 heteroatoms. The van der Waals surface area contributed by atoms with Gasteiger partial charge in [-0.05, 0) is 12.1 Å². The second kappa shape index (κ2) is 6.25. The summed E-state index contributed by atoms with van der Waals surface area (Å²) in [6.07, 6.45) is 0. The van der Waals surface area contributed by atoms with Crippen LogP contribution in [0.1, 0.15) is 10.4 Å². The number of benzene rings is 1. The smallest absolute Gasteiger partial charge is 0.387 e. The summed E-state index contributed by atoms with van der Waals surface area (Å²) in [7, 11) is 1.47. The van der Waals surface area contributed by atoms with Gasteiger partial charge in [0.2, 0.25) is 0 Å². The summed E-state index contributed by atoms with van der Waals surface area (Å²) in [6, 6.07) is 5.76. The van der Waals surface area contributed by atoms with Gasteiger partial charge < -0.3 is 15.4 Å². The Labute approximate surface area is 108 Å². The molecule has 0 bridgehead atoms. The van der Waals surface area contributed by atoms with E-state index < -0.39 is 12.5 Å². The van der Waals surface area contributed by atoms with Gasteiger partial charge in [-0.3, -0.25) is 4.79 Å². The van der Waals surface area contributed by atoms with Gasteiger partial charge in [-0.25, -0.2) is 0 Å². The van der Waals surface area contributed by atoms with Crippen LogP contribution in [-0.2, 0) is 0 Å². The quantitative estimate of drug-likeness (QED) is 0.829. The van der Waals surface area contributed by atoms with E-state index in [1.54, 1.807) is 6.07 Å². The topological polar surface area (TPSA) is 55.6 Å². The molecule has 18 heavy (non-hydrogen) atoms. The molecule has 0 radical (unpaired) electrons. The zero-order valence-electron chi connectivity index (χ0n) is 9.60. The van der Waals surface area contributed by atoms with E-state index in [4.69, 9.17) is 5.73 Å². The van der Waals surface area contributed by atoms with Crippen LogP contribution in [0.3, 0.4) is 0 Å². The van der Waals surface area contributed by atoms with Gasteiger partial charge in [-0.1, -0.05) is 24.4 Å². The molecule has 0 spiro atoms. The fourth-order valence-corrected chi connectivity index (χ4v) is 1.55. The summed E-state index contributed by atoms with van der Waals surface area (Å²) < 4.78 is 28.7. The van der Waals surface area contributed by atoms with Crippen LogP contribution in [0.5, 0.6) is 5.75 Å². The number of amides is 1. The molecule has 98 valence electrons. The van der Waals surface area contributed by atoms with E-state index in [1.807, 2.05) is 0 Å². The molecule has 0 fully saturated rings. The number of halogens is 2. The van der Waals surface area contributed by atoms with Crippen LogP contribution in [0.15, 0.2) is 24.3 Å². The molecule has 1 aromatic carbocycles. The molecule has 0 saturated heterocycles. The summed E-state index contributed by atoms with van der Waals surface area (Å²) in [5.74, 6) is -0.661. The first-order valence-electron chi connectivity index (χ1n) is 4.99. The number of nitrogens with zero attached hydrogens (tertiary/aromatic N) is 1. The highest BCUT2D eigenvalue weighted by molar-refractivity contribution is 7.80. The zero-order chi connectivity index (χ0) is 13.7. The standard InChI is InChI=1S/C11H12F2N2O2S/c1-15(6-9(14)18)10(16)7-4-2-3-5-8(7)17-11(12)13/h2-5,11H,6H2,1H3,(H2,14,18). The van der Waals surface area contributed by atoms with E-state index in [-0.39, 0.29) is 22.8 Å².